The van der Waals surface area contributed by atoms with Gasteiger partial charge in [0.05, 0.1) is 11.7 Å². The molecule has 1 atom stereocenters. The van der Waals surface area contributed by atoms with Crippen LogP contribution in [0.3, 0.4) is 0 Å². The summed E-state index contributed by atoms with van der Waals surface area (Å²) in [6.45, 7) is 5.17. The summed E-state index contributed by atoms with van der Waals surface area (Å²) < 4.78 is 26.9. The number of nitrogens with zero attached hydrogens (tertiary/aromatic N) is 4. The highest BCUT2D eigenvalue weighted by Crippen LogP contribution is 2.22. The summed E-state index contributed by atoms with van der Waals surface area (Å²) in [7, 11) is 0. The molecule has 1 unspecified atom stereocenters. The minimum absolute atomic E-state index is 0.108. The maximum atomic E-state index is 13.6. The van der Waals surface area contributed by atoms with Gasteiger partial charge in [0.1, 0.15) is 0 Å². The fraction of sp³-hybridized carbons (Fsp3) is 0.318. The molecule has 0 aromatic heterocycles. The molecule has 2 amide bonds. The van der Waals surface area contributed by atoms with E-state index >= 15 is 0 Å². The molecule has 2 N–H and O–H groups in total. The van der Waals surface area contributed by atoms with E-state index in [1.165, 1.54) is 6.07 Å². The topological polar surface area (TPSA) is 83.8 Å². The molecule has 32 heavy (non-hydrogen) atoms. The van der Waals surface area contributed by atoms with Gasteiger partial charge >= 0.3 is 6.03 Å². The minimum atomic E-state index is -1.02. The largest absolute Gasteiger partial charge is 0.335 e. The molecule has 1 saturated heterocycles. The number of carbonyl (C=O) groups is 1. The molecule has 10 heteroatoms. The van der Waals surface area contributed by atoms with Gasteiger partial charge < -0.3 is 15.1 Å². The fourth-order valence-corrected chi connectivity index (χ4v) is 3.58. The summed E-state index contributed by atoms with van der Waals surface area (Å²) in [6, 6.07) is 9.71. The normalized spacial score (nSPS) is 16.7. The first-order chi connectivity index (χ1) is 15.3. The Kier molecular flexibility index (Phi) is 7.49. The smallest absolute Gasteiger partial charge is 0.321 e. The highest BCUT2D eigenvalue weighted by atomic mass is 35.5. The van der Waals surface area contributed by atoms with Crippen molar-refractivity contribution in [2.45, 2.75) is 19.9 Å². The molecule has 2 aromatic carbocycles. The van der Waals surface area contributed by atoms with Gasteiger partial charge in [0.2, 0.25) is 5.96 Å². The lowest BCUT2D eigenvalue weighted by molar-refractivity contribution is 0.118. The molecule has 0 spiro atoms. The lowest BCUT2D eigenvalue weighted by Crippen LogP contribution is -2.60. The summed E-state index contributed by atoms with van der Waals surface area (Å²) in [5.41, 5.74) is 0.807. The van der Waals surface area contributed by atoms with Crippen molar-refractivity contribution < 1.29 is 13.6 Å². The van der Waals surface area contributed by atoms with E-state index in [0.717, 1.165) is 12.1 Å². The zero-order valence-electron chi connectivity index (χ0n) is 17.6. The van der Waals surface area contributed by atoms with Crippen molar-refractivity contribution in [1.29, 1.82) is 5.26 Å². The number of halogens is 3. The number of piperazine rings is 1. The van der Waals surface area contributed by atoms with E-state index in [1.807, 2.05) is 24.9 Å². The predicted octanol–water partition coefficient (Wildman–Crippen LogP) is 4.55. The molecule has 0 saturated carbocycles. The van der Waals surface area contributed by atoms with E-state index in [2.05, 4.69) is 15.6 Å². The van der Waals surface area contributed by atoms with Gasteiger partial charge in [-0.3, -0.25) is 5.32 Å². The van der Waals surface area contributed by atoms with Gasteiger partial charge in [0.25, 0.3) is 0 Å². The number of urea groups is 1. The highest BCUT2D eigenvalue weighted by molar-refractivity contribution is 6.30. The molecule has 3 rings (SSSR count). The van der Waals surface area contributed by atoms with Crippen LogP contribution in [-0.2, 0) is 0 Å². The number of hydrogen-bond donors (Lipinski definition) is 2. The van der Waals surface area contributed by atoms with Gasteiger partial charge in [0, 0.05) is 36.4 Å². The number of rotatable bonds is 3. The number of amides is 2. The molecule has 1 fully saturated rings. The zero-order chi connectivity index (χ0) is 23.3. The number of nitriles is 1. The quantitative estimate of drug-likeness (QED) is 0.304. The second-order valence-electron chi connectivity index (χ2n) is 7.66. The first kappa shape index (κ1) is 23.3. The molecule has 168 valence electrons. The Morgan fingerprint density at radius 1 is 1.19 bits per heavy atom. The van der Waals surface area contributed by atoms with Crippen LogP contribution in [0, 0.1) is 29.0 Å². The number of nitrogens with one attached hydrogen (secondary N) is 2. The fourth-order valence-electron chi connectivity index (χ4n) is 3.45. The Hall–Kier alpha value is -3.38. The lowest BCUT2D eigenvalue weighted by atomic mass is 10.00. The Bertz CT molecular complexity index is 1040. The maximum Gasteiger partial charge on any atom is 0.321 e. The van der Waals surface area contributed by atoms with E-state index in [9.17, 15) is 18.8 Å². The van der Waals surface area contributed by atoms with Crippen LogP contribution in [0.2, 0.25) is 5.02 Å². The third-order valence-electron chi connectivity index (χ3n) is 5.15. The number of hydrogen-bond acceptors (Lipinski definition) is 3. The van der Waals surface area contributed by atoms with Gasteiger partial charge in [-0.05, 0) is 42.3 Å². The second kappa shape index (κ2) is 10.3. The Morgan fingerprint density at radius 2 is 1.91 bits per heavy atom. The van der Waals surface area contributed by atoms with E-state index < -0.39 is 11.6 Å². The summed E-state index contributed by atoms with van der Waals surface area (Å²) in [6.07, 6.45) is 1.85. The summed E-state index contributed by atoms with van der Waals surface area (Å²) in [4.78, 5) is 20.7. The van der Waals surface area contributed by atoms with E-state index in [1.54, 1.807) is 29.2 Å². The predicted molar refractivity (Wildman–Crippen MR) is 120 cm³/mol. The lowest BCUT2D eigenvalue weighted by Gasteiger charge is -2.44. The Labute approximate surface area is 190 Å². The van der Waals surface area contributed by atoms with Gasteiger partial charge in [-0.25, -0.2) is 18.6 Å². The van der Waals surface area contributed by atoms with Gasteiger partial charge in [0.15, 0.2) is 17.8 Å². The summed E-state index contributed by atoms with van der Waals surface area (Å²) in [5.74, 6) is -1.67. The van der Waals surface area contributed by atoms with Crippen LogP contribution in [0.5, 0.6) is 0 Å². The highest BCUT2D eigenvalue weighted by Gasteiger charge is 2.33. The average molecular weight is 461 g/mol. The number of benzene rings is 2. The van der Waals surface area contributed by atoms with Crippen LogP contribution in [-0.4, -0.2) is 47.5 Å². The van der Waals surface area contributed by atoms with Crippen molar-refractivity contribution in [1.82, 2.24) is 15.1 Å². The van der Waals surface area contributed by atoms with Crippen molar-refractivity contribution in [2.24, 2.45) is 10.9 Å². The first-order valence-electron chi connectivity index (χ1n) is 10.1. The van der Waals surface area contributed by atoms with Gasteiger partial charge in [-0.2, -0.15) is 5.26 Å². The number of guanidine groups is 1. The summed E-state index contributed by atoms with van der Waals surface area (Å²) >= 11 is 5.89. The average Bonchev–Trinajstić information content (AvgIpc) is 2.77. The van der Waals surface area contributed by atoms with Crippen LogP contribution >= 0.6 is 11.6 Å². The van der Waals surface area contributed by atoms with Crippen molar-refractivity contribution in [2.75, 3.05) is 25.0 Å². The van der Waals surface area contributed by atoms with E-state index in [0.29, 0.717) is 30.3 Å². The van der Waals surface area contributed by atoms with Crippen molar-refractivity contribution in [3.8, 4) is 6.19 Å². The SMILES string of the molecule is CC(C)C1CN(C(=O)Nc2ccc(Cl)cc2)CCN1C(=Nc1ccc(F)c(F)c1)NC#N. The molecule has 0 bridgehead atoms. The van der Waals surface area contributed by atoms with Crippen molar-refractivity contribution in [3.05, 3.63) is 59.1 Å². The molecule has 1 heterocycles. The summed E-state index contributed by atoms with van der Waals surface area (Å²) in [5, 5.41) is 15.2. The first-order valence-corrected chi connectivity index (χ1v) is 10.4. The van der Waals surface area contributed by atoms with E-state index in [-0.39, 0.29) is 29.6 Å². The van der Waals surface area contributed by atoms with Gasteiger partial charge in [-0.1, -0.05) is 25.4 Å². The zero-order valence-corrected chi connectivity index (χ0v) is 18.4. The van der Waals surface area contributed by atoms with Crippen LogP contribution in [0.15, 0.2) is 47.5 Å². The Morgan fingerprint density at radius 3 is 2.53 bits per heavy atom. The molecule has 7 nitrogen and oxygen atoms in total. The molecule has 0 radical (unpaired) electrons. The van der Waals surface area contributed by atoms with Crippen LogP contribution < -0.4 is 10.6 Å². The number of aliphatic imine (C=N–C) groups is 1. The monoisotopic (exact) mass is 460 g/mol. The van der Waals surface area contributed by atoms with Gasteiger partial charge in [-0.15, -0.1) is 0 Å². The molecule has 2 aromatic rings. The van der Waals surface area contributed by atoms with Crippen LogP contribution in [0.1, 0.15) is 13.8 Å². The minimum Gasteiger partial charge on any atom is -0.335 e. The standard InChI is InChI=1S/C22H23ClF2N6O/c1-14(2)20-12-30(22(32)29-16-5-3-15(23)4-6-16)9-10-31(20)21(27-13-26)28-17-7-8-18(24)19(25)11-17/h3-8,11,14,20H,9-10,12H2,1-2H3,(H,27,28)(H,29,32). The molecule has 0 aliphatic carbocycles. The van der Waals surface area contributed by atoms with Crippen molar-refractivity contribution in [3.63, 3.8) is 0 Å². The van der Waals surface area contributed by atoms with Crippen LogP contribution in [0.4, 0.5) is 25.0 Å². The van der Waals surface area contributed by atoms with Crippen molar-refractivity contribution >= 4 is 35.0 Å². The molecule has 1 aliphatic heterocycles. The third kappa shape index (κ3) is 5.65. The number of anilines is 1. The van der Waals surface area contributed by atoms with Crippen LogP contribution in [0.25, 0.3) is 0 Å². The molecule has 1 aliphatic rings. The third-order valence-corrected chi connectivity index (χ3v) is 5.40. The Balaban J connectivity index is 1.78. The maximum absolute atomic E-state index is 13.6. The number of carbonyl (C=O) groups excluding carboxylic acids is 1. The molecular formula is C22H23ClF2N6O. The molecular weight excluding hydrogens is 438 g/mol. The second-order valence-corrected chi connectivity index (χ2v) is 8.09. The van der Waals surface area contributed by atoms with E-state index in [4.69, 9.17) is 11.6 Å².